The molecule has 3 fully saturated rings. The molecule has 4 aromatic heterocycles. The summed E-state index contributed by atoms with van der Waals surface area (Å²) in [6.07, 6.45) is -9.97. The van der Waals surface area contributed by atoms with Crippen LogP contribution in [0.4, 0.5) is 140 Å². The molecule has 3 aliphatic rings. The molecule has 116 heavy (non-hydrogen) atoms. The molecule has 0 spiro atoms. The van der Waals surface area contributed by atoms with Crippen LogP contribution in [0.2, 0.25) is 0 Å². The summed E-state index contributed by atoms with van der Waals surface area (Å²) in [5.41, 5.74) is 3.77. The summed E-state index contributed by atoms with van der Waals surface area (Å²) in [7, 11) is -9.51. The molecule has 38 heteroatoms. The zero-order chi connectivity index (χ0) is 84.3. The average molecular weight is 1690 g/mol. The van der Waals surface area contributed by atoms with Crippen molar-refractivity contribution in [3.05, 3.63) is 199 Å². The van der Waals surface area contributed by atoms with E-state index in [2.05, 4.69) is 82.5 Å². The number of alkyl halides is 12. The van der Waals surface area contributed by atoms with Gasteiger partial charge in [0.2, 0.25) is 23.8 Å². The van der Waals surface area contributed by atoms with E-state index in [9.17, 15) is 70.9 Å². The fourth-order valence-corrected chi connectivity index (χ4v) is 15.9. The molecule has 2 saturated heterocycles. The number of nitrogens with one attached hydrogen (secondary N) is 8. The van der Waals surface area contributed by atoms with Gasteiger partial charge in [-0.05, 0) is 238 Å². The minimum absolute atomic E-state index is 0.00760. The van der Waals surface area contributed by atoms with E-state index in [0.29, 0.717) is 64.0 Å². The van der Waals surface area contributed by atoms with Crippen molar-refractivity contribution in [1.82, 2.24) is 44.9 Å². The molecule has 1 aliphatic carbocycles. The van der Waals surface area contributed by atoms with Gasteiger partial charge < -0.3 is 65.8 Å². The van der Waals surface area contributed by atoms with Crippen LogP contribution < -0.4 is 68.8 Å². The van der Waals surface area contributed by atoms with Crippen molar-refractivity contribution in [3.63, 3.8) is 0 Å². The van der Waals surface area contributed by atoms with E-state index in [1.807, 2.05) is 35.3 Å². The molecule has 22 nitrogen and oxygen atoms in total. The number of aromatic nitrogens is 8. The van der Waals surface area contributed by atoms with Crippen LogP contribution >= 0.6 is 28.6 Å². The van der Waals surface area contributed by atoms with Crippen molar-refractivity contribution in [2.75, 3.05) is 127 Å². The molecule has 2 aliphatic heterocycles. The van der Waals surface area contributed by atoms with Gasteiger partial charge in [0.25, 0.3) is 0 Å². The maximum atomic E-state index is 13.6. The van der Waals surface area contributed by atoms with E-state index < -0.39 is 75.5 Å². The number of rotatable bonds is 21. The third kappa shape index (κ3) is 25.2. The van der Waals surface area contributed by atoms with Crippen LogP contribution in [-0.4, -0.2) is 130 Å². The van der Waals surface area contributed by atoms with Crippen LogP contribution in [-0.2, 0) is 43.0 Å². The number of anilines is 15. The van der Waals surface area contributed by atoms with Gasteiger partial charge in [0.15, 0.2) is 5.82 Å². The lowest BCUT2D eigenvalue weighted by Crippen LogP contribution is -2.30. The lowest BCUT2D eigenvalue weighted by molar-refractivity contribution is -0.138. The Kier molecular flexibility index (Phi) is 27.8. The molecule has 10 aromatic rings. The summed E-state index contributed by atoms with van der Waals surface area (Å²) >= 11 is 0. The molecule has 8 N–H and O–H groups in total. The number of nitrogens with zero attached hydrogens (tertiary/aromatic N) is 10. The molecule has 2 unspecified atom stereocenters. The first kappa shape index (κ1) is 88.2. The van der Waals surface area contributed by atoms with E-state index in [-0.39, 0.29) is 53.1 Å². The maximum Gasteiger partial charge on any atom is 0.421 e. The van der Waals surface area contributed by atoms with Crippen LogP contribution in [0.15, 0.2) is 176 Å². The summed E-state index contributed by atoms with van der Waals surface area (Å²) in [4.78, 5) is 33.1. The Bertz CT molecular complexity index is 5170. The highest BCUT2D eigenvalue weighted by molar-refractivity contribution is 7.71. The Balaban J connectivity index is 0.000000165. The zero-order valence-corrected chi connectivity index (χ0v) is 68.3. The Labute approximate surface area is 663 Å². The molecule has 0 radical (unpaired) electrons. The van der Waals surface area contributed by atoms with Gasteiger partial charge in [0, 0.05) is 118 Å². The third-order valence-electron chi connectivity index (χ3n) is 18.4. The van der Waals surface area contributed by atoms with E-state index >= 15 is 0 Å². The van der Waals surface area contributed by atoms with Crippen molar-refractivity contribution in [3.8, 4) is 0 Å². The quantitative estimate of drug-likeness (QED) is 0.0245. The molecule has 1 saturated carbocycles. The molecule has 13 rings (SSSR count). The summed E-state index contributed by atoms with van der Waals surface area (Å²) in [6.45, 7) is 19.4. The number of halogens is 12. The van der Waals surface area contributed by atoms with Crippen LogP contribution in [0.1, 0.15) is 68.2 Å². The summed E-state index contributed by atoms with van der Waals surface area (Å²) < 4.78 is 209. The Morgan fingerprint density at radius 3 is 1.00 bits per heavy atom. The first-order valence-corrected chi connectivity index (χ1v) is 46.9. The lowest BCUT2D eigenvalue weighted by atomic mass is 10.0. The molecule has 618 valence electrons. The monoisotopic (exact) mass is 1690 g/mol. The van der Waals surface area contributed by atoms with Crippen molar-refractivity contribution in [2.24, 2.45) is 11.8 Å². The Morgan fingerprint density at radius 2 is 0.647 bits per heavy atom. The molecule has 6 aromatic carbocycles. The minimum atomic E-state index is -4.64. The number of hydrazine groups is 1. The number of hydrogen-bond donors (Lipinski definition) is 8. The van der Waals surface area contributed by atoms with Crippen LogP contribution in [0.25, 0.3) is 0 Å². The van der Waals surface area contributed by atoms with Crippen molar-refractivity contribution < 1.29 is 70.9 Å². The van der Waals surface area contributed by atoms with Crippen molar-refractivity contribution >= 4 is 137 Å². The summed E-state index contributed by atoms with van der Waals surface area (Å²) in [6, 6.07) is 43.5. The molecule has 6 heterocycles. The molecule has 0 amide bonds. The van der Waals surface area contributed by atoms with Gasteiger partial charge in [-0.15, -0.1) is 0 Å². The molecule has 2 atom stereocenters. The van der Waals surface area contributed by atoms with Gasteiger partial charge in [-0.2, -0.15) is 72.6 Å². The van der Waals surface area contributed by atoms with Gasteiger partial charge >= 0.3 is 24.7 Å². The second-order valence-corrected chi connectivity index (χ2v) is 42.4. The highest BCUT2D eigenvalue weighted by Crippen LogP contribution is 2.44. The Hall–Kier alpha value is -10.1. The molecular weight excluding hydrogens is 1600 g/mol. The molecular formula is C78H88F12N18O4P4. The standard InChI is InChI=1S/C25H23F3N5OP.C20H25F3N5OP.C17H20F3N4OP.C16H20F3N4OP/c1-35(2,34)21-14-12-20(13-15-21)32-24-29-16-22(25(26,27)28)23(33-24)31-19-10-8-18(9-11-19)30-17-6-4-3-5-7-17;1-30(2,29)16-8-6-15(7-9-16)25-19-24-10-17(20(21,22)23)18(26-19)27-28-11-13-4-3-5-14(13)12-28;1-26(2,25)13-7-5-12(6-8-13)22-16-21-11-14(17(18,19)20)15(23-16)24-9-3-4-10-24;1-10(2)21-14-13(16(17,18)19)9-20-15(23-14)22-11-5-7-12(8-6-11)25(3,4)24/h3-16,30H,1-2H3,(H2,29,31,32,33);6-10,13-14H,3-5,11-12H2,1-2H3,(H2,24,25,26,27);5-8,11H,3-4,9-10H2,1-2H3,(H,21,22,23);5-10H,1-4H3,(H2,20,21,22,23). The average Bonchev–Trinajstić information content (AvgIpc) is 1.53. The van der Waals surface area contributed by atoms with E-state index in [4.69, 9.17) is 0 Å². The van der Waals surface area contributed by atoms with Crippen LogP contribution in [0, 0.1) is 11.8 Å². The predicted molar refractivity (Wildman–Crippen MR) is 439 cm³/mol. The highest BCUT2D eigenvalue weighted by Gasteiger charge is 2.42. The second-order valence-electron chi connectivity index (χ2n) is 29.5. The summed E-state index contributed by atoms with van der Waals surface area (Å²) in [5.74, 6) is 0.296. The normalized spacial score (nSPS) is 15.4. The van der Waals surface area contributed by atoms with E-state index in [1.165, 1.54) is 6.42 Å². The fraction of sp³-hybridized carbons (Fsp3) is 0.333. The van der Waals surface area contributed by atoms with E-state index in [1.54, 1.807) is 193 Å². The topological polar surface area (TPSA) is 274 Å². The van der Waals surface area contributed by atoms with Gasteiger partial charge in [-0.1, -0.05) is 24.6 Å². The highest BCUT2D eigenvalue weighted by atomic mass is 31.2. The van der Waals surface area contributed by atoms with Gasteiger partial charge in [-0.25, -0.2) is 24.9 Å². The number of benzene rings is 6. The number of para-hydroxylation sites is 1. The minimum Gasteiger partial charge on any atom is -0.367 e. The SMILES string of the molecule is CC(C)Nc1nc(Nc2ccc(P(C)(C)=O)cc2)ncc1C(F)(F)F.CP(C)(=O)c1ccc(Nc2ncc(C(F)(F)F)c(N3CCCC3)n2)cc1.CP(C)(=O)c1ccc(Nc2ncc(C(F)(F)F)c(NN3CC4CCCC4C3)n2)cc1.CP(C)(=O)c1ccc(Nc2ncc(C(F)(F)F)c(Nc3ccc(Nc4ccccc4)cc3)n2)cc1. The first-order valence-electron chi connectivity index (χ1n) is 36.5. The summed E-state index contributed by atoms with van der Waals surface area (Å²) in [5, 5.41) is 25.0. The lowest BCUT2D eigenvalue weighted by Gasteiger charge is -2.22. The third-order valence-corrected chi connectivity index (χ3v) is 24.5. The number of hydrogen-bond acceptors (Lipinski definition) is 22. The van der Waals surface area contributed by atoms with Crippen molar-refractivity contribution in [2.45, 2.75) is 76.7 Å². The maximum absolute atomic E-state index is 13.6. The second kappa shape index (κ2) is 36.6. The van der Waals surface area contributed by atoms with Crippen LogP contribution in [0.3, 0.4) is 0 Å². The van der Waals surface area contributed by atoms with Gasteiger partial charge in [0.1, 0.15) is 68.3 Å². The molecule has 0 bridgehead atoms. The smallest absolute Gasteiger partial charge is 0.367 e. The largest absolute Gasteiger partial charge is 0.421 e. The fourth-order valence-electron chi connectivity index (χ4n) is 12.4. The van der Waals surface area contributed by atoms with E-state index in [0.717, 1.165) is 85.5 Å². The Morgan fingerprint density at radius 1 is 0.353 bits per heavy atom. The predicted octanol–water partition coefficient (Wildman–Crippen LogP) is 19.9. The van der Waals surface area contributed by atoms with Gasteiger partial charge in [0.05, 0.1) is 0 Å². The van der Waals surface area contributed by atoms with Gasteiger partial charge in [-0.3, -0.25) is 0 Å². The zero-order valence-electron chi connectivity index (χ0n) is 64.8. The van der Waals surface area contributed by atoms with Crippen molar-refractivity contribution in [1.29, 1.82) is 0 Å². The first-order chi connectivity index (χ1) is 54.3. The number of fused-ring (bicyclic) bond motifs is 1. The van der Waals surface area contributed by atoms with Crippen LogP contribution in [0.5, 0.6) is 0 Å².